The van der Waals surface area contributed by atoms with Gasteiger partial charge in [-0.3, -0.25) is 0 Å². The number of aliphatic carboxylic acids is 1. The van der Waals surface area contributed by atoms with E-state index in [4.69, 9.17) is 5.11 Å². The van der Waals surface area contributed by atoms with Crippen LogP contribution >= 0.6 is 0 Å². The summed E-state index contributed by atoms with van der Waals surface area (Å²) in [5, 5.41) is 8.95. The van der Waals surface area contributed by atoms with Gasteiger partial charge in [-0.2, -0.15) is 0 Å². The number of hydrogen-bond acceptors (Lipinski definition) is 3. The Morgan fingerprint density at radius 2 is 1.93 bits per heavy atom. The predicted octanol–water partition coefficient (Wildman–Crippen LogP) is 0.746. The average Bonchev–Trinajstić information content (AvgIpc) is 2.74. The van der Waals surface area contributed by atoms with Gasteiger partial charge >= 0.3 is 11.9 Å². The smallest absolute Gasteiger partial charge is 0.334 e. The minimum atomic E-state index is -1.01. The van der Waals surface area contributed by atoms with Gasteiger partial charge in [-0.15, -0.1) is 0 Å². The van der Waals surface area contributed by atoms with Crippen LogP contribution in [-0.4, -0.2) is 24.2 Å². The lowest BCUT2D eigenvalue weighted by molar-refractivity contribution is -0.138. The summed E-state index contributed by atoms with van der Waals surface area (Å²) in [6.45, 7) is 0. The molecule has 2 aliphatic rings. The highest BCUT2D eigenvalue weighted by molar-refractivity contribution is 6.02. The molecule has 0 spiro atoms. The zero-order valence-electron chi connectivity index (χ0n) is 7.69. The van der Waals surface area contributed by atoms with Gasteiger partial charge in [-0.05, 0) is 6.42 Å². The number of carbonyl (C=O) groups is 2. The summed E-state index contributed by atoms with van der Waals surface area (Å²) in [6, 6.07) is 0. The normalized spacial score (nSPS) is 28.4. The molecule has 1 N–H and O–H groups in total. The number of methoxy groups -OCH3 is 1. The van der Waals surface area contributed by atoms with Crippen molar-refractivity contribution in [1.29, 1.82) is 0 Å². The van der Waals surface area contributed by atoms with Crippen LogP contribution in [0.3, 0.4) is 0 Å². The summed E-state index contributed by atoms with van der Waals surface area (Å²) in [5.41, 5.74) is 0.539. The van der Waals surface area contributed by atoms with E-state index >= 15 is 0 Å². The molecular formula is C10H10O4. The summed E-state index contributed by atoms with van der Waals surface area (Å²) in [4.78, 5) is 22.3. The first-order chi connectivity index (χ1) is 6.65. The molecule has 4 nitrogen and oxygen atoms in total. The molecule has 0 fully saturated rings. The SMILES string of the molecule is COC(=O)C1=C(C(=O)O)C2C=CC1C2. The van der Waals surface area contributed by atoms with Crippen molar-refractivity contribution in [2.75, 3.05) is 7.11 Å². The third kappa shape index (κ3) is 1.07. The maximum absolute atomic E-state index is 11.3. The van der Waals surface area contributed by atoms with E-state index in [1.165, 1.54) is 7.11 Å². The van der Waals surface area contributed by atoms with Crippen molar-refractivity contribution < 1.29 is 19.4 Å². The molecule has 0 aromatic carbocycles. The second-order valence-corrected chi connectivity index (χ2v) is 3.46. The van der Waals surface area contributed by atoms with Gasteiger partial charge in [0.2, 0.25) is 0 Å². The molecule has 2 atom stereocenters. The Morgan fingerprint density at radius 3 is 2.43 bits per heavy atom. The van der Waals surface area contributed by atoms with Gasteiger partial charge < -0.3 is 9.84 Å². The Kier molecular flexibility index (Phi) is 1.91. The van der Waals surface area contributed by atoms with Gasteiger partial charge in [0.1, 0.15) is 0 Å². The first-order valence-electron chi connectivity index (χ1n) is 4.39. The van der Waals surface area contributed by atoms with Crippen LogP contribution in [0.15, 0.2) is 23.3 Å². The molecule has 0 aliphatic heterocycles. The lowest BCUT2D eigenvalue weighted by Crippen LogP contribution is -2.16. The first-order valence-corrected chi connectivity index (χ1v) is 4.39. The number of rotatable bonds is 2. The fraction of sp³-hybridized carbons (Fsp3) is 0.400. The van der Waals surface area contributed by atoms with E-state index in [1.807, 2.05) is 12.2 Å². The van der Waals surface area contributed by atoms with Crippen molar-refractivity contribution >= 4 is 11.9 Å². The highest BCUT2D eigenvalue weighted by Gasteiger charge is 2.42. The molecule has 0 aromatic heterocycles. The summed E-state index contributed by atoms with van der Waals surface area (Å²) in [7, 11) is 1.27. The van der Waals surface area contributed by atoms with Crippen LogP contribution in [0.5, 0.6) is 0 Å². The molecule has 14 heavy (non-hydrogen) atoms. The van der Waals surface area contributed by atoms with Crippen LogP contribution in [0.1, 0.15) is 6.42 Å². The Hall–Kier alpha value is -1.58. The minimum Gasteiger partial charge on any atom is -0.478 e. The largest absolute Gasteiger partial charge is 0.478 e. The number of carbonyl (C=O) groups excluding carboxylic acids is 1. The fourth-order valence-electron chi connectivity index (χ4n) is 2.17. The summed E-state index contributed by atoms with van der Waals surface area (Å²) in [6.07, 6.45) is 4.43. The van der Waals surface area contributed by atoms with Crippen LogP contribution in [0.2, 0.25) is 0 Å². The number of hydrogen-bond donors (Lipinski definition) is 1. The number of ether oxygens (including phenoxy) is 1. The second kappa shape index (κ2) is 2.97. The molecule has 0 saturated heterocycles. The molecule has 4 heteroatoms. The lowest BCUT2D eigenvalue weighted by Gasteiger charge is -2.10. The van der Waals surface area contributed by atoms with Crippen molar-refractivity contribution in [2.24, 2.45) is 11.8 Å². The van der Waals surface area contributed by atoms with E-state index in [1.54, 1.807) is 0 Å². The van der Waals surface area contributed by atoms with E-state index in [0.29, 0.717) is 12.0 Å². The first kappa shape index (κ1) is 8.99. The fourth-order valence-corrected chi connectivity index (χ4v) is 2.17. The zero-order valence-corrected chi connectivity index (χ0v) is 7.69. The number of carboxylic acid groups (broad SMARTS) is 1. The molecule has 0 amide bonds. The van der Waals surface area contributed by atoms with Gasteiger partial charge in [-0.25, -0.2) is 9.59 Å². The highest BCUT2D eigenvalue weighted by Crippen LogP contribution is 2.44. The number of allylic oxidation sites excluding steroid dienone is 2. The molecule has 2 bridgehead atoms. The standard InChI is InChI=1S/C10H10O4/c1-14-10(13)8-6-3-2-5(4-6)7(8)9(11)12/h2-3,5-6H,4H2,1H3,(H,11,12). The molecule has 2 unspecified atom stereocenters. The summed E-state index contributed by atoms with van der Waals surface area (Å²) in [5.74, 6) is -1.69. The maximum Gasteiger partial charge on any atom is 0.334 e. The molecular weight excluding hydrogens is 184 g/mol. The van der Waals surface area contributed by atoms with E-state index in [-0.39, 0.29) is 17.4 Å². The minimum absolute atomic E-state index is 0.0569. The molecule has 0 radical (unpaired) electrons. The third-order valence-corrected chi connectivity index (χ3v) is 2.75. The number of esters is 1. The monoisotopic (exact) mass is 194 g/mol. The molecule has 0 heterocycles. The second-order valence-electron chi connectivity index (χ2n) is 3.46. The van der Waals surface area contributed by atoms with Gasteiger partial charge in [0.25, 0.3) is 0 Å². The third-order valence-electron chi connectivity index (χ3n) is 2.75. The quantitative estimate of drug-likeness (QED) is 0.520. The Labute approximate surface area is 80.9 Å². The molecule has 2 rings (SSSR count). The van der Waals surface area contributed by atoms with Crippen LogP contribution in [0.4, 0.5) is 0 Å². The highest BCUT2D eigenvalue weighted by atomic mass is 16.5. The number of carboxylic acids is 1. The Bertz CT molecular complexity index is 364. The summed E-state index contributed by atoms with van der Waals surface area (Å²) < 4.78 is 4.57. The van der Waals surface area contributed by atoms with Gasteiger partial charge in [0.15, 0.2) is 0 Å². The summed E-state index contributed by atoms with van der Waals surface area (Å²) >= 11 is 0. The van der Waals surface area contributed by atoms with Crippen LogP contribution < -0.4 is 0 Å². The molecule has 0 saturated carbocycles. The van der Waals surface area contributed by atoms with Crippen molar-refractivity contribution in [3.63, 3.8) is 0 Å². The zero-order chi connectivity index (χ0) is 10.3. The number of fused-ring (bicyclic) bond motifs is 2. The van der Waals surface area contributed by atoms with E-state index in [9.17, 15) is 9.59 Å². The lowest BCUT2D eigenvalue weighted by atomic mass is 9.97. The van der Waals surface area contributed by atoms with Gasteiger partial charge in [-0.1, -0.05) is 12.2 Å². The predicted molar refractivity (Wildman–Crippen MR) is 47.4 cm³/mol. The van der Waals surface area contributed by atoms with E-state index < -0.39 is 11.9 Å². The van der Waals surface area contributed by atoms with Crippen LogP contribution in [0, 0.1) is 11.8 Å². The van der Waals surface area contributed by atoms with Gasteiger partial charge in [0, 0.05) is 11.8 Å². The van der Waals surface area contributed by atoms with Crippen LogP contribution in [0.25, 0.3) is 0 Å². The van der Waals surface area contributed by atoms with Crippen molar-refractivity contribution in [3.05, 3.63) is 23.3 Å². The van der Waals surface area contributed by atoms with Gasteiger partial charge in [0.05, 0.1) is 18.3 Å². The van der Waals surface area contributed by atoms with E-state index in [2.05, 4.69) is 4.74 Å². The van der Waals surface area contributed by atoms with E-state index in [0.717, 1.165) is 0 Å². The van der Waals surface area contributed by atoms with Crippen molar-refractivity contribution in [3.8, 4) is 0 Å². The van der Waals surface area contributed by atoms with Crippen molar-refractivity contribution in [1.82, 2.24) is 0 Å². The maximum atomic E-state index is 11.3. The topological polar surface area (TPSA) is 63.6 Å². The molecule has 0 aromatic rings. The molecule has 2 aliphatic carbocycles. The van der Waals surface area contributed by atoms with Crippen molar-refractivity contribution in [2.45, 2.75) is 6.42 Å². The average molecular weight is 194 g/mol. The van der Waals surface area contributed by atoms with Crippen LogP contribution in [-0.2, 0) is 14.3 Å². The Balaban J connectivity index is 2.43. The Morgan fingerprint density at radius 1 is 1.36 bits per heavy atom. The molecule has 74 valence electrons.